The highest BCUT2D eigenvalue weighted by atomic mass is 16.6. The number of rotatable bonds is 6. The van der Waals surface area contributed by atoms with Gasteiger partial charge in [0.2, 0.25) is 5.91 Å². The fourth-order valence-electron chi connectivity index (χ4n) is 4.40. The van der Waals surface area contributed by atoms with Crippen molar-refractivity contribution in [1.29, 1.82) is 5.26 Å². The summed E-state index contributed by atoms with van der Waals surface area (Å²) in [5.74, 6) is 0.579. The third-order valence-corrected chi connectivity index (χ3v) is 6.25. The van der Waals surface area contributed by atoms with E-state index in [9.17, 15) is 9.59 Å². The second-order valence-corrected chi connectivity index (χ2v) is 8.78. The zero-order valence-electron chi connectivity index (χ0n) is 19.6. The number of aromatic amines is 1. The highest BCUT2D eigenvalue weighted by Gasteiger charge is 2.35. The lowest BCUT2D eigenvalue weighted by atomic mass is 10.1. The van der Waals surface area contributed by atoms with E-state index in [1.807, 2.05) is 60.7 Å². The number of nitrogens with one attached hydrogen (secondary N) is 2. The molecule has 0 saturated carbocycles. The minimum Gasteiger partial charge on any atom is -0.445 e. The molecular formula is C28H25N5O3. The van der Waals surface area contributed by atoms with Crippen LogP contribution in [0, 0.1) is 11.3 Å². The third kappa shape index (κ3) is 5.20. The van der Waals surface area contributed by atoms with Crippen molar-refractivity contribution in [3.63, 3.8) is 0 Å². The molecule has 2 amide bonds. The molecule has 180 valence electrons. The van der Waals surface area contributed by atoms with Crippen molar-refractivity contribution >= 4 is 28.7 Å². The molecule has 0 radical (unpaired) electrons. The van der Waals surface area contributed by atoms with Gasteiger partial charge in [-0.1, -0.05) is 42.5 Å². The lowest BCUT2D eigenvalue weighted by Crippen LogP contribution is -2.43. The number of imidazole rings is 1. The Morgan fingerprint density at radius 1 is 1.08 bits per heavy atom. The van der Waals surface area contributed by atoms with Crippen LogP contribution < -0.4 is 5.32 Å². The summed E-state index contributed by atoms with van der Waals surface area (Å²) in [5.41, 5.74) is 4.82. The number of aromatic nitrogens is 2. The Morgan fingerprint density at radius 2 is 1.89 bits per heavy atom. The van der Waals surface area contributed by atoms with E-state index in [-0.39, 0.29) is 12.5 Å². The first-order valence-corrected chi connectivity index (χ1v) is 11.8. The lowest BCUT2D eigenvalue weighted by Gasteiger charge is -2.23. The number of carbonyl (C=O) groups is 2. The summed E-state index contributed by atoms with van der Waals surface area (Å²) in [4.78, 5) is 34.9. The van der Waals surface area contributed by atoms with Crippen LogP contribution in [0.25, 0.3) is 11.0 Å². The number of nitrogens with zero attached hydrogens (tertiary/aromatic N) is 3. The Morgan fingerprint density at radius 3 is 2.67 bits per heavy atom. The van der Waals surface area contributed by atoms with E-state index in [2.05, 4.69) is 21.4 Å². The SMILES string of the molecule is N#Cc1ccc2[nH]c(Cc3ccc(NC(=O)[C@@H]4CCCN4C(=O)OCc4ccccc4)cc3)nc2c1. The Bertz CT molecular complexity index is 1420. The number of anilines is 1. The van der Waals surface area contributed by atoms with Crippen LogP contribution >= 0.6 is 0 Å². The van der Waals surface area contributed by atoms with Crippen LogP contribution in [0.3, 0.4) is 0 Å². The molecule has 4 aromatic rings. The van der Waals surface area contributed by atoms with Gasteiger partial charge in [0, 0.05) is 18.7 Å². The van der Waals surface area contributed by atoms with Gasteiger partial charge in [0.15, 0.2) is 0 Å². The first kappa shape index (κ1) is 23.1. The maximum Gasteiger partial charge on any atom is 0.410 e. The van der Waals surface area contributed by atoms with E-state index >= 15 is 0 Å². The van der Waals surface area contributed by atoms with E-state index in [4.69, 9.17) is 10.00 Å². The summed E-state index contributed by atoms with van der Waals surface area (Å²) >= 11 is 0. The molecule has 3 aromatic carbocycles. The van der Waals surface area contributed by atoms with Crippen molar-refractivity contribution < 1.29 is 14.3 Å². The van der Waals surface area contributed by atoms with Gasteiger partial charge in [-0.15, -0.1) is 0 Å². The molecular weight excluding hydrogens is 454 g/mol. The van der Waals surface area contributed by atoms with Crippen LogP contribution in [0.2, 0.25) is 0 Å². The fraction of sp³-hybridized carbons (Fsp3) is 0.214. The highest BCUT2D eigenvalue weighted by molar-refractivity contribution is 5.96. The second kappa shape index (κ2) is 10.3. The van der Waals surface area contributed by atoms with E-state index in [1.165, 1.54) is 4.90 Å². The molecule has 1 fully saturated rings. The summed E-state index contributed by atoms with van der Waals surface area (Å²) in [6.45, 7) is 0.675. The number of hydrogen-bond acceptors (Lipinski definition) is 5. The minimum atomic E-state index is -0.554. The molecule has 1 aliphatic heterocycles. The van der Waals surface area contributed by atoms with Gasteiger partial charge in [-0.05, 0) is 54.3 Å². The largest absolute Gasteiger partial charge is 0.445 e. The quantitative estimate of drug-likeness (QED) is 0.414. The number of hydrogen-bond donors (Lipinski definition) is 2. The Hall–Kier alpha value is -4.64. The predicted octanol–water partition coefficient (Wildman–Crippen LogP) is 4.77. The number of nitriles is 1. The molecule has 2 heterocycles. The van der Waals surface area contributed by atoms with Crippen LogP contribution in [0.5, 0.6) is 0 Å². The molecule has 8 heteroatoms. The summed E-state index contributed by atoms with van der Waals surface area (Å²) in [7, 11) is 0. The van der Waals surface area contributed by atoms with Crippen LogP contribution in [0.1, 0.15) is 35.4 Å². The molecule has 2 N–H and O–H groups in total. The van der Waals surface area contributed by atoms with Crippen LogP contribution in [0.4, 0.5) is 10.5 Å². The molecule has 0 spiro atoms. The molecule has 0 unspecified atom stereocenters. The predicted molar refractivity (Wildman–Crippen MR) is 135 cm³/mol. The minimum absolute atomic E-state index is 0.177. The number of amides is 2. The van der Waals surface area contributed by atoms with E-state index in [0.29, 0.717) is 30.6 Å². The molecule has 0 bridgehead atoms. The van der Waals surface area contributed by atoms with Gasteiger partial charge in [0.05, 0.1) is 22.7 Å². The van der Waals surface area contributed by atoms with Gasteiger partial charge >= 0.3 is 6.09 Å². The third-order valence-electron chi connectivity index (χ3n) is 6.25. The zero-order valence-corrected chi connectivity index (χ0v) is 19.6. The summed E-state index contributed by atoms with van der Waals surface area (Å²) < 4.78 is 5.43. The summed E-state index contributed by atoms with van der Waals surface area (Å²) in [6, 6.07) is 24.0. The van der Waals surface area contributed by atoms with Gasteiger partial charge in [-0.25, -0.2) is 9.78 Å². The number of H-pyrrole nitrogens is 1. The van der Waals surface area contributed by atoms with Crippen LogP contribution in [0.15, 0.2) is 72.8 Å². The van der Waals surface area contributed by atoms with Crippen molar-refractivity contribution in [3.8, 4) is 6.07 Å². The van der Waals surface area contributed by atoms with Crippen molar-refractivity contribution in [3.05, 3.63) is 95.3 Å². The van der Waals surface area contributed by atoms with Gasteiger partial charge in [-0.2, -0.15) is 5.26 Å². The molecule has 8 nitrogen and oxygen atoms in total. The van der Waals surface area contributed by atoms with Crippen LogP contribution in [-0.4, -0.2) is 39.5 Å². The maximum atomic E-state index is 12.9. The van der Waals surface area contributed by atoms with Crippen molar-refractivity contribution in [2.24, 2.45) is 0 Å². The molecule has 1 atom stereocenters. The molecule has 1 saturated heterocycles. The second-order valence-electron chi connectivity index (χ2n) is 8.78. The van der Waals surface area contributed by atoms with Crippen LogP contribution in [-0.2, 0) is 22.6 Å². The maximum absolute atomic E-state index is 12.9. The number of fused-ring (bicyclic) bond motifs is 1. The van der Waals surface area contributed by atoms with Crippen molar-refractivity contribution in [2.75, 3.05) is 11.9 Å². The normalized spacial score (nSPS) is 15.0. The zero-order chi connectivity index (χ0) is 24.9. The standard InChI is InChI=1S/C28H25N5O3/c29-17-21-10-13-23-24(15-21)32-26(31-23)16-19-8-11-22(12-9-19)30-27(34)25-7-4-14-33(25)28(35)36-18-20-5-2-1-3-6-20/h1-3,5-6,8-13,15,25H,4,7,14,16,18H2,(H,30,34)(H,31,32)/t25-/m0/s1. The number of carbonyl (C=O) groups excluding carboxylic acids is 2. The van der Waals surface area contributed by atoms with Gasteiger partial charge in [0.25, 0.3) is 0 Å². The molecule has 0 aliphatic carbocycles. The summed E-state index contributed by atoms with van der Waals surface area (Å²) in [6.07, 6.45) is 1.48. The first-order chi connectivity index (χ1) is 17.6. The smallest absolute Gasteiger partial charge is 0.410 e. The van der Waals surface area contributed by atoms with Gasteiger partial charge in [-0.3, -0.25) is 9.69 Å². The highest BCUT2D eigenvalue weighted by Crippen LogP contribution is 2.22. The Balaban J connectivity index is 1.18. The fourth-order valence-corrected chi connectivity index (χ4v) is 4.40. The number of benzene rings is 3. The lowest BCUT2D eigenvalue weighted by molar-refractivity contribution is -0.120. The Labute approximate surface area is 208 Å². The average molecular weight is 480 g/mol. The topological polar surface area (TPSA) is 111 Å². The van der Waals surface area contributed by atoms with Gasteiger partial charge < -0.3 is 15.0 Å². The molecule has 36 heavy (non-hydrogen) atoms. The monoisotopic (exact) mass is 479 g/mol. The average Bonchev–Trinajstić information content (AvgIpc) is 3.55. The first-order valence-electron chi connectivity index (χ1n) is 11.8. The Kier molecular flexibility index (Phi) is 6.63. The molecule has 5 rings (SSSR count). The van der Waals surface area contributed by atoms with Crippen molar-refractivity contribution in [1.82, 2.24) is 14.9 Å². The van der Waals surface area contributed by atoms with E-state index < -0.39 is 12.1 Å². The molecule has 1 aromatic heterocycles. The summed E-state index contributed by atoms with van der Waals surface area (Å²) in [5, 5.41) is 12.0. The van der Waals surface area contributed by atoms with E-state index in [0.717, 1.165) is 34.4 Å². The number of ether oxygens (including phenoxy) is 1. The van der Waals surface area contributed by atoms with Crippen molar-refractivity contribution in [2.45, 2.75) is 31.9 Å². The molecule has 1 aliphatic rings. The van der Waals surface area contributed by atoms with E-state index in [1.54, 1.807) is 12.1 Å². The number of likely N-dealkylation sites (tertiary alicyclic amines) is 1. The van der Waals surface area contributed by atoms with Gasteiger partial charge in [0.1, 0.15) is 18.5 Å².